The molecule has 2 heterocycles. The largest absolute Gasteiger partial charge is 0.495 e. The van der Waals surface area contributed by atoms with Crippen LogP contribution in [-0.4, -0.2) is 36.2 Å². The molecule has 5 nitrogen and oxygen atoms in total. The van der Waals surface area contributed by atoms with E-state index in [1.807, 2.05) is 19.1 Å². The Balaban J connectivity index is 1.45. The Morgan fingerprint density at radius 2 is 1.85 bits per heavy atom. The van der Waals surface area contributed by atoms with Gasteiger partial charge in [0.25, 0.3) is 0 Å². The van der Waals surface area contributed by atoms with E-state index < -0.39 is 0 Å². The van der Waals surface area contributed by atoms with Crippen LogP contribution in [0.15, 0.2) is 24.3 Å². The van der Waals surface area contributed by atoms with Crippen molar-refractivity contribution in [2.75, 3.05) is 30.4 Å². The number of methoxy groups -OCH3 is 1. The highest BCUT2D eigenvalue weighted by Crippen LogP contribution is 2.31. The van der Waals surface area contributed by atoms with Crippen molar-refractivity contribution in [3.8, 4) is 5.75 Å². The van der Waals surface area contributed by atoms with Gasteiger partial charge in [-0.05, 0) is 57.6 Å². The number of piperidine rings is 1. The number of aryl methyl sites for hydroxylation is 2. The molecule has 1 N–H and O–H groups in total. The van der Waals surface area contributed by atoms with Crippen molar-refractivity contribution in [3.05, 3.63) is 41.3 Å². The van der Waals surface area contributed by atoms with Crippen molar-refractivity contribution in [1.29, 1.82) is 0 Å². The number of ether oxygens (including phenoxy) is 1. The predicted molar refractivity (Wildman–Crippen MR) is 105 cm³/mol. The number of hydrogen-bond acceptors (Lipinski definition) is 5. The Morgan fingerprint density at radius 3 is 2.65 bits per heavy atom. The van der Waals surface area contributed by atoms with E-state index in [9.17, 15) is 0 Å². The van der Waals surface area contributed by atoms with Gasteiger partial charge in [-0.15, -0.1) is 0 Å². The van der Waals surface area contributed by atoms with Crippen molar-refractivity contribution in [3.63, 3.8) is 0 Å². The molecule has 5 heteroatoms. The van der Waals surface area contributed by atoms with Crippen molar-refractivity contribution in [1.82, 2.24) is 9.97 Å². The average molecular weight is 352 g/mol. The molecule has 1 aliphatic heterocycles. The van der Waals surface area contributed by atoms with E-state index in [-0.39, 0.29) is 0 Å². The Morgan fingerprint density at radius 1 is 1.08 bits per heavy atom. The predicted octanol–water partition coefficient (Wildman–Crippen LogP) is 3.75. The summed E-state index contributed by atoms with van der Waals surface area (Å²) in [4.78, 5) is 12.0. The fraction of sp³-hybridized carbons (Fsp3) is 0.524. The van der Waals surface area contributed by atoms with Crippen LogP contribution in [0.4, 0.5) is 11.5 Å². The van der Waals surface area contributed by atoms with Crippen LogP contribution < -0.4 is 15.0 Å². The first-order valence-electron chi connectivity index (χ1n) is 9.75. The summed E-state index contributed by atoms with van der Waals surface area (Å²) < 4.78 is 5.46. The zero-order valence-electron chi connectivity index (χ0n) is 15.8. The molecule has 0 saturated carbocycles. The minimum absolute atomic E-state index is 0.473. The molecule has 1 fully saturated rings. The van der Waals surface area contributed by atoms with Crippen LogP contribution in [-0.2, 0) is 12.8 Å². The van der Waals surface area contributed by atoms with Gasteiger partial charge in [-0.25, -0.2) is 9.97 Å². The molecule has 2 aromatic rings. The molecule has 0 atom stereocenters. The standard InChI is InChI=1S/C21H28N4O/c1-15-22-18-8-4-3-7-17(18)21(23-15)25-13-11-16(12-14-25)24-19-9-5-6-10-20(19)26-2/h5-6,9-10,16,24H,3-4,7-8,11-14H2,1-2H3. The van der Waals surface area contributed by atoms with Gasteiger partial charge in [0.2, 0.25) is 0 Å². The molecule has 1 aliphatic carbocycles. The van der Waals surface area contributed by atoms with E-state index in [1.54, 1.807) is 7.11 Å². The van der Waals surface area contributed by atoms with Crippen LogP contribution in [0, 0.1) is 6.92 Å². The minimum atomic E-state index is 0.473. The Labute approximate surface area is 155 Å². The molecule has 138 valence electrons. The van der Waals surface area contributed by atoms with Crippen LogP contribution in [0.5, 0.6) is 5.75 Å². The lowest BCUT2D eigenvalue weighted by atomic mass is 9.95. The monoisotopic (exact) mass is 352 g/mol. The van der Waals surface area contributed by atoms with Crippen LogP contribution in [0.25, 0.3) is 0 Å². The first-order chi connectivity index (χ1) is 12.7. The van der Waals surface area contributed by atoms with Gasteiger partial charge in [-0.3, -0.25) is 0 Å². The zero-order chi connectivity index (χ0) is 17.9. The third-order valence-electron chi connectivity index (χ3n) is 5.53. The molecule has 4 rings (SSSR count). The Bertz CT molecular complexity index is 769. The van der Waals surface area contributed by atoms with Crippen molar-refractivity contribution >= 4 is 11.5 Å². The fourth-order valence-electron chi connectivity index (χ4n) is 4.18. The first-order valence-corrected chi connectivity index (χ1v) is 9.75. The van der Waals surface area contributed by atoms with Crippen molar-refractivity contribution in [2.45, 2.75) is 51.5 Å². The molecular formula is C21H28N4O. The molecule has 0 spiro atoms. The van der Waals surface area contributed by atoms with E-state index in [1.165, 1.54) is 29.9 Å². The van der Waals surface area contributed by atoms with Crippen molar-refractivity contribution < 1.29 is 4.74 Å². The summed E-state index contributed by atoms with van der Waals surface area (Å²) >= 11 is 0. The summed E-state index contributed by atoms with van der Waals surface area (Å²) in [7, 11) is 1.73. The van der Waals surface area contributed by atoms with E-state index in [4.69, 9.17) is 14.7 Å². The average Bonchev–Trinajstić information content (AvgIpc) is 2.68. The van der Waals surface area contributed by atoms with Gasteiger partial charge >= 0.3 is 0 Å². The number of para-hydroxylation sites is 2. The van der Waals surface area contributed by atoms with E-state index in [2.05, 4.69) is 22.3 Å². The van der Waals surface area contributed by atoms with Gasteiger partial charge in [-0.2, -0.15) is 0 Å². The van der Waals surface area contributed by atoms with Gasteiger partial charge in [0.05, 0.1) is 12.8 Å². The van der Waals surface area contributed by atoms with Gasteiger partial charge in [0.1, 0.15) is 17.4 Å². The summed E-state index contributed by atoms with van der Waals surface area (Å²) in [5.41, 5.74) is 3.77. The van der Waals surface area contributed by atoms with Crippen LogP contribution >= 0.6 is 0 Å². The third kappa shape index (κ3) is 3.48. The highest BCUT2D eigenvalue weighted by Gasteiger charge is 2.25. The summed E-state index contributed by atoms with van der Waals surface area (Å²) in [6.45, 7) is 4.10. The molecule has 1 saturated heterocycles. The highest BCUT2D eigenvalue weighted by atomic mass is 16.5. The number of benzene rings is 1. The van der Waals surface area contributed by atoms with Crippen LogP contribution in [0.3, 0.4) is 0 Å². The molecule has 1 aromatic heterocycles. The number of nitrogens with one attached hydrogen (secondary N) is 1. The van der Waals surface area contributed by atoms with Crippen molar-refractivity contribution in [2.24, 2.45) is 0 Å². The molecule has 0 amide bonds. The lowest BCUT2D eigenvalue weighted by Crippen LogP contribution is -2.40. The minimum Gasteiger partial charge on any atom is -0.495 e. The maximum absolute atomic E-state index is 5.46. The highest BCUT2D eigenvalue weighted by molar-refractivity contribution is 5.57. The number of nitrogens with zero attached hydrogens (tertiary/aromatic N) is 3. The number of hydrogen-bond donors (Lipinski definition) is 1. The molecular weight excluding hydrogens is 324 g/mol. The topological polar surface area (TPSA) is 50.3 Å². The molecule has 0 bridgehead atoms. The summed E-state index contributed by atoms with van der Waals surface area (Å²) in [6.07, 6.45) is 6.97. The molecule has 1 aromatic carbocycles. The Hall–Kier alpha value is -2.30. The third-order valence-corrected chi connectivity index (χ3v) is 5.53. The number of rotatable bonds is 4. The molecule has 0 radical (unpaired) electrons. The number of aromatic nitrogens is 2. The normalized spacial score (nSPS) is 17.7. The summed E-state index contributed by atoms with van der Waals surface area (Å²) in [5, 5.41) is 3.66. The SMILES string of the molecule is COc1ccccc1NC1CCN(c2nc(C)nc3c2CCCC3)CC1. The fourth-order valence-corrected chi connectivity index (χ4v) is 4.18. The van der Waals surface area contributed by atoms with Crippen LogP contribution in [0.1, 0.15) is 42.8 Å². The second-order valence-electron chi connectivity index (χ2n) is 7.33. The van der Waals surface area contributed by atoms with E-state index >= 15 is 0 Å². The quantitative estimate of drug-likeness (QED) is 0.908. The molecule has 2 aliphatic rings. The smallest absolute Gasteiger partial charge is 0.141 e. The lowest BCUT2D eigenvalue weighted by molar-refractivity contribution is 0.415. The lowest BCUT2D eigenvalue weighted by Gasteiger charge is -2.35. The van der Waals surface area contributed by atoms with Gasteiger partial charge < -0.3 is 15.0 Å². The van der Waals surface area contributed by atoms with Crippen LogP contribution in [0.2, 0.25) is 0 Å². The Kier molecular flexibility index (Phi) is 4.96. The van der Waals surface area contributed by atoms with Gasteiger partial charge in [-0.1, -0.05) is 12.1 Å². The second kappa shape index (κ2) is 7.52. The van der Waals surface area contributed by atoms with Gasteiger partial charge in [0, 0.05) is 30.4 Å². The number of fused-ring (bicyclic) bond motifs is 1. The maximum Gasteiger partial charge on any atom is 0.141 e. The molecule has 26 heavy (non-hydrogen) atoms. The second-order valence-corrected chi connectivity index (χ2v) is 7.33. The first kappa shape index (κ1) is 17.1. The van der Waals surface area contributed by atoms with Gasteiger partial charge in [0.15, 0.2) is 0 Å². The summed E-state index contributed by atoms with van der Waals surface area (Å²) in [6, 6.07) is 8.63. The molecule has 0 unspecified atom stereocenters. The van der Waals surface area contributed by atoms with E-state index in [0.29, 0.717) is 6.04 Å². The maximum atomic E-state index is 5.46. The zero-order valence-corrected chi connectivity index (χ0v) is 15.8. The number of anilines is 2. The summed E-state index contributed by atoms with van der Waals surface area (Å²) in [5.74, 6) is 3.02. The van der Waals surface area contributed by atoms with E-state index in [0.717, 1.165) is 56.0 Å².